The van der Waals surface area contributed by atoms with Gasteiger partial charge in [-0.15, -0.1) is 0 Å². The molecule has 132 valence electrons. The maximum absolute atomic E-state index is 13.4. The molecule has 0 bridgehead atoms. The van der Waals surface area contributed by atoms with E-state index in [4.69, 9.17) is 0 Å². The lowest BCUT2D eigenvalue weighted by Gasteiger charge is -1.90. The summed E-state index contributed by atoms with van der Waals surface area (Å²) in [6.07, 6.45) is 0. The maximum atomic E-state index is 13.4. The Morgan fingerprint density at radius 1 is 0.643 bits per heavy atom. The summed E-state index contributed by atoms with van der Waals surface area (Å²) in [5, 5.41) is 2.71. The predicted octanol–water partition coefficient (Wildman–Crippen LogP) is 2.54. The minimum Gasteiger partial charge on any atom is -0.285 e. The van der Waals surface area contributed by atoms with Gasteiger partial charge in [-0.25, -0.2) is 9.97 Å². The van der Waals surface area contributed by atoms with Crippen molar-refractivity contribution in [1.82, 2.24) is 14.5 Å². The Hall–Kier alpha value is -3.93. The molecule has 0 unspecified atom stereocenters. The summed E-state index contributed by atoms with van der Waals surface area (Å²) < 4.78 is 1.09. The molecule has 3 heterocycles. The van der Waals surface area contributed by atoms with Gasteiger partial charge in [0, 0.05) is 28.6 Å². The smallest absolute Gasteiger partial charge is 0.262 e. The van der Waals surface area contributed by atoms with E-state index in [2.05, 4.69) is 9.97 Å². The van der Waals surface area contributed by atoms with E-state index < -0.39 is 11.1 Å². The van der Waals surface area contributed by atoms with Crippen molar-refractivity contribution in [3.8, 4) is 0 Å². The zero-order valence-corrected chi connectivity index (χ0v) is 14.7. The monoisotopic (exact) mass is 365 g/mol. The summed E-state index contributed by atoms with van der Waals surface area (Å²) in [5.74, 6) is 0. The molecule has 0 radical (unpaired) electrons. The number of para-hydroxylation sites is 2. The van der Waals surface area contributed by atoms with Gasteiger partial charge in [0.05, 0.1) is 21.8 Å². The summed E-state index contributed by atoms with van der Waals surface area (Å²) >= 11 is 0. The van der Waals surface area contributed by atoms with Crippen LogP contribution in [0.25, 0.3) is 54.4 Å². The molecular weight excluding hydrogens is 354 g/mol. The molecule has 6 aromatic rings. The minimum absolute atomic E-state index is 0.173. The molecular formula is C22H11N3O3. The number of rotatable bonds is 0. The number of fused-ring (bicyclic) bond motifs is 9. The second-order valence-corrected chi connectivity index (χ2v) is 6.95. The van der Waals surface area contributed by atoms with Gasteiger partial charge in [0.25, 0.3) is 11.1 Å². The number of hydrogen-bond donors (Lipinski definition) is 0. The fraction of sp³-hybridized carbons (Fsp3) is 0.0455. The van der Waals surface area contributed by atoms with Crippen LogP contribution in [0, 0.1) is 0 Å². The topological polar surface area (TPSA) is 81.9 Å². The molecule has 6 rings (SSSR count). The summed E-state index contributed by atoms with van der Waals surface area (Å²) in [4.78, 5) is 48.5. The molecule has 0 aliphatic heterocycles. The Morgan fingerprint density at radius 3 is 1.54 bits per heavy atom. The first-order valence-electron chi connectivity index (χ1n) is 8.81. The number of hydrogen-bond acceptors (Lipinski definition) is 5. The third-order valence-electron chi connectivity index (χ3n) is 5.50. The number of aromatic nitrogens is 3. The molecule has 0 saturated heterocycles. The second kappa shape index (κ2) is 4.86. The largest absolute Gasteiger partial charge is 0.285 e. The Kier molecular flexibility index (Phi) is 2.63. The van der Waals surface area contributed by atoms with E-state index in [1.165, 1.54) is 7.05 Å². The van der Waals surface area contributed by atoms with E-state index in [1.54, 1.807) is 12.1 Å². The van der Waals surface area contributed by atoms with Crippen LogP contribution < -0.4 is 16.5 Å². The Bertz CT molecular complexity index is 1660. The van der Waals surface area contributed by atoms with Crippen molar-refractivity contribution in [2.45, 2.75) is 0 Å². The number of nitrogens with zero attached hydrogens (tertiary/aromatic N) is 3. The Balaban J connectivity index is 2.18. The van der Waals surface area contributed by atoms with E-state index in [-0.39, 0.29) is 27.2 Å². The molecule has 6 heteroatoms. The van der Waals surface area contributed by atoms with Crippen LogP contribution in [0.15, 0.2) is 62.9 Å². The van der Waals surface area contributed by atoms with Crippen LogP contribution in [0.5, 0.6) is 0 Å². The molecule has 0 saturated carbocycles. The van der Waals surface area contributed by atoms with Crippen LogP contribution in [0.3, 0.4) is 0 Å². The van der Waals surface area contributed by atoms with Gasteiger partial charge < -0.3 is 0 Å². The quantitative estimate of drug-likeness (QED) is 0.413. The maximum Gasteiger partial charge on any atom is 0.262 e. The zero-order valence-electron chi connectivity index (χ0n) is 14.7. The fourth-order valence-corrected chi connectivity index (χ4v) is 4.23. The van der Waals surface area contributed by atoms with Crippen molar-refractivity contribution in [1.29, 1.82) is 0 Å². The lowest BCUT2D eigenvalue weighted by atomic mass is 10.1. The molecule has 0 aliphatic rings. The zero-order chi connectivity index (χ0) is 19.2. The summed E-state index contributed by atoms with van der Waals surface area (Å²) in [7, 11) is 1.46. The van der Waals surface area contributed by atoms with E-state index in [0.717, 1.165) is 4.57 Å². The second-order valence-electron chi connectivity index (χ2n) is 6.95. The normalized spacial score (nSPS) is 12.2. The van der Waals surface area contributed by atoms with Crippen molar-refractivity contribution in [2.75, 3.05) is 0 Å². The minimum atomic E-state index is -0.426. The van der Waals surface area contributed by atoms with Gasteiger partial charge in [-0.1, -0.05) is 36.4 Å². The third kappa shape index (κ3) is 1.61. The highest BCUT2D eigenvalue weighted by molar-refractivity contribution is 6.28. The van der Waals surface area contributed by atoms with Crippen molar-refractivity contribution in [3.05, 3.63) is 79.5 Å². The van der Waals surface area contributed by atoms with E-state index in [9.17, 15) is 14.4 Å². The van der Waals surface area contributed by atoms with E-state index >= 15 is 0 Å². The lowest BCUT2D eigenvalue weighted by Crippen LogP contribution is -2.21. The van der Waals surface area contributed by atoms with Crippen molar-refractivity contribution in [3.63, 3.8) is 0 Å². The SMILES string of the molecule is Cn1c(=O)c2c(c1=O)c1c(nc3ccccc31)c(=O)c1nc3ccccc3c12. The van der Waals surface area contributed by atoms with Crippen LogP contribution in [0.1, 0.15) is 0 Å². The van der Waals surface area contributed by atoms with Crippen molar-refractivity contribution >= 4 is 54.4 Å². The molecule has 28 heavy (non-hydrogen) atoms. The van der Waals surface area contributed by atoms with E-state index in [0.29, 0.717) is 32.6 Å². The highest BCUT2D eigenvalue weighted by Gasteiger charge is 2.23. The highest BCUT2D eigenvalue weighted by Crippen LogP contribution is 2.33. The summed E-state index contributed by atoms with van der Waals surface area (Å²) in [6, 6.07) is 14.5. The summed E-state index contributed by atoms with van der Waals surface area (Å²) in [5.41, 5.74) is 0.355. The van der Waals surface area contributed by atoms with Gasteiger partial charge in [-0.3, -0.25) is 19.0 Å². The summed E-state index contributed by atoms with van der Waals surface area (Å²) in [6.45, 7) is 0. The first kappa shape index (κ1) is 15.2. The predicted molar refractivity (Wildman–Crippen MR) is 110 cm³/mol. The third-order valence-corrected chi connectivity index (χ3v) is 5.50. The average molecular weight is 365 g/mol. The van der Waals surface area contributed by atoms with E-state index in [1.807, 2.05) is 36.4 Å². The van der Waals surface area contributed by atoms with Crippen LogP contribution in [-0.2, 0) is 7.05 Å². The highest BCUT2D eigenvalue weighted by atomic mass is 16.2. The molecule has 0 amide bonds. The first-order chi connectivity index (χ1) is 13.6. The van der Waals surface area contributed by atoms with Gasteiger partial charge in [0.1, 0.15) is 11.0 Å². The molecule has 6 nitrogen and oxygen atoms in total. The van der Waals surface area contributed by atoms with Crippen molar-refractivity contribution in [2.24, 2.45) is 7.05 Å². The lowest BCUT2D eigenvalue weighted by molar-refractivity contribution is 0.857. The standard InChI is InChI=1S/C22H11N3O3/c1-25-21(27)16-14-10-6-2-4-8-12(10)23-18(14)20(26)19-15(17(16)22(25)28)11-7-3-5-9-13(11)24-19/h2-9H,1H3. The molecule has 3 aromatic carbocycles. The molecule has 0 fully saturated rings. The molecule has 3 aromatic heterocycles. The van der Waals surface area contributed by atoms with Crippen LogP contribution in [-0.4, -0.2) is 14.5 Å². The van der Waals surface area contributed by atoms with Gasteiger partial charge in [-0.05, 0) is 12.1 Å². The van der Waals surface area contributed by atoms with Gasteiger partial charge in [-0.2, -0.15) is 0 Å². The Labute approximate surface area is 156 Å². The van der Waals surface area contributed by atoms with Gasteiger partial charge in [0.15, 0.2) is 0 Å². The van der Waals surface area contributed by atoms with Gasteiger partial charge in [0.2, 0.25) is 5.43 Å². The fourth-order valence-electron chi connectivity index (χ4n) is 4.23. The van der Waals surface area contributed by atoms with Crippen LogP contribution in [0.4, 0.5) is 0 Å². The van der Waals surface area contributed by atoms with Crippen LogP contribution >= 0.6 is 0 Å². The first-order valence-corrected chi connectivity index (χ1v) is 8.81. The molecule has 0 N–H and O–H groups in total. The van der Waals surface area contributed by atoms with Gasteiger partial charge >= 0.3 is 0 Å². The number of benzene rings is 2. The Morgan fingerprint density at radius 2 is 1.07 bits per heavy atom. The molecule has 0 spiro atoms. The van der Waals surface area contributed by atoms with Crippen LogP contribution in [0.2, 0.25) is 0 Å². The molecule has 0 aliphatic carbocycles. The average Bonchev–Trinajstić information content (AvgIpc) is 3.32. The van der Waals surface area contributed by atoms with Crippen molar-refractivity contribution < 1.29 is 0 Å². The molecule has 0 atom stereocenters.